The highest BCUT2D eigenvalue weighted by Gasteiger charge is 2.26. The second-order valence-corrected chi connectivity index (χ2v) is 5.24. The number of nitrogens with zero attached hydrogens (tertiary/aromatic N) is 1. The highest BCUT2D eigenvalue weighted by molar-refractivity contribution is 5.31. The van der Waals surface area contributed by atoms with Crippen molar-refractivity contribution in [1.29, 1.82) is 0 Å². The molecule has 1 saturated heterocycles. The van der Waals surface area contributed by atoms with Gasteiger partial charge in [0.2, 0.25) is 0 Å². The number of aliphatic hydroxyl groups excluding tert-OH is 1. The number of rotatable bonds is 3. The predicted octanol–water partition coefficient (Wildman–Crippen LogP) is 0.993. The van der Waals surface area contributed by atoms with E-state index in [1.54, 1.807) is 0 Å². The van der Waals surface area contributed by atoms with Crippen molar-refractivity contribution in [3.05, 3.63) is 35.4 Å². The molecule has 2 aliphatic rings. The van der Waals surface area contributed by atoms with Gasteiger partial charge in [0, 0.05) is 19.6 Å². The molecular weight excluding hydrogens is 242 g/mol. The number of hydrogen-bond acceptors (Lipinski definition) is 4. The maximum Gasteiger partial charge on any atom is 0.0954 e. The maximum atomic E-state index is 9.19. The summed E-state index contributed by atoms with van der Waals surface area (Å²) in [6.07, 6.45) is 1.12. The molecule has 2 atom stereocenters. The van der Waals surface area contributed by atoms with E-state index in [0.717, 1.165) is 32.7 Å². The molecule has 1 fully saturated rings. The predicted molar refractivity (Wildman–Crippen MR) is 72.1 cm³/mol. The van der Waals surface area contributed by atoms with Gasteiger partial charge in [-0.25, -0.2) is 0 Å². The Hall–Kier alpha value is -0.940. The van der Waals surface area contributed by atoms with Crippen LogP contribution in [0.3, 0.4) is 0 Å². The molecule has 0 aliphatic carbocycles. The second-order valence-electron chi connectivity index (χ2n) is 5.24. The third kappa shape index (κ3) is 2.98. The number of aliphatic hydroxyl groups is 1. The van der Waals surface area contributed by atoms with Crippen molar-refractivity contribution >= 4 is 0 Å². The van der Waals surface area contributed by atoms with Crippen molar-refractivity contribution in [1.82, 2.24) is 4.90 Å². The first-order valence-corrected chi connectivity index (χ1v) is 7.01. The summed E-state index contributed by atoms with van der Waals surface area (Å²) in [5.74, 6) is 0. The molecule has 1 N–H and O–H groups in total. The standard InChI is InChI=1S/C15H21NO3/c17-11-13-9-16(6-8-18-13)10-15-14-4-2-1-3-12(14)5-7-19-15/h1-4,13,15,17H,5-11H2. The molecule has 2 unspecified atom stereocenters. The summed E-state index contributed by atoms with van der Waals surface area (Å²) in [4.78, 5) is 2.33. The molecule has 3 rings (SSSR count). The molecule has 4 heteroatoms. The lowest BCUT2D eigenvalue weighted by molar-refractivity contribution is -0.0706. The maximum absolute atomic E-state index is 9.19. The smallest absolute Gasteiger partial charge is 0.0954 e. The van der Waals surface area contributed by atoms with Gasteiger partial charge in [0.25, 0.3) is 0 Å². The summed E-state index contributed by atoms with van der Waals surface area (Å²) in [6, 6.07) is 8.54. The molecule has 0 spiro atoms. The summed E-state index contributed by atoms with van der Waals surface area (Å²) < 4.78 is 11.4. The topological polar surface area (TPSA) is 41.9 Å². The molecule has 0 amide bonds. The Bertz CT molecular complexity index is 424. The van der Waals surface area contributed by atoms with Crippen LogP contribution in [0.25, 0.3) is 0 Å². The van der Waals surface area contributed by atoms with Gasteiger partial charge < -0.3 is 14.6 Å². The van der Waals surface area contributed by atoms with Crippen molar-refractivity contribution in [3.63, 3.8) is 0 Å². The van der Waals surface area contributed by atoms with E-state index in [2.05, 4.69) is 29.2 Å². The minimum atomic E-state index is -0.0485. The molecular formula is C15H21NO3. The molecule has 2 aliphatic heterocycles. The quantitative estimate of drug-likeness (QED) is 0.883. The van der Waals surface area contributed by atoms with E-state index in [0.29, 0.717) is 6.61 Å². The van der Waals surface area contributed by atoms with Crippen LogP contribution in [0.1, 0.15) is 17.2 Å². The van der Waals surface area contributed by atoms with Crippen molar-refractivity contribution in [3.8, 4) is 0 Å². The molecule has 104 valence electrons. The van der Waals surface area contributed by atoms with Crippen LogP contribution < -0.4 is 0 Å². The lowest BCUT2D eigenvalue weighted by Crippen LogP contribution is -2.46. The van der Waals surface area contributed by atoms with Gasteiger partial charge in [-0.1, -0.05) is 24.3 Å². The Kier molecular flexibility index (Phi) is 4.13. The Balaban J connectivity index is 1.67. The summed E-state index contributed by atoms with van der Waals surface area (Å²) in [5, 5.41) is 9.19. The third-order valence-corrected chi connectivity index (χ3v) is 3.94. The van der Waals surface area contributed by atoms with Gasteiger partial charge in [0.15, 0.2) is 0 Å². The fraction of sp³-hybridized carbons (Fsp3) is 0.600. The van der Waals surface area contributed by atoms with Crippen LogP contribution in [0.2, 0.25) is 0 Å². The average molecular weight is 263 g/mol. The summed E-state index contributed by atoms with van der Waals surface area (Å²) >= 11 is 0. The van der Waals surface area contributed by atoms with E-state index >= 15 is 0 Å². The molecule has 0 aromatic heterocycles. The van der Waals surface area contributed by atoms with Gasteiger partial charge in [-0.3, -0.25) is 4.90 Å². The second kappa shape index (κ2) is 6.01. The molecule has 2 heterocycles. The molecule has 0 radical (unpaired) electrons. The third-order valence-electron chi connectivity index (χ3n) is 3.94. The monoisotopic (exact) mass is 263 g/mol. The van der Waals surface area contributed by atoms with Crippen LogP contribution in [0.4, 0.5) is 0 Å². The zero-order valence-electron chi connectivity index (χ0n) is 11.1. The molecule has 0 saturated carbocycles. The largest absolute Gasteiger partial charge is 0.394 e. The molecule has 0 bridgehead atoms. The zero-order chi connectivity index (χ0) is 13.1. The summed E-state index contributed by atoms with van der Waals surface area (Å²) in [6.45, 7) is 4.18. The van der Waals surface area contributed by atoms with E-state index in [9.17, 15) is 5.11 Å². The van der Waals surface area contributed by atoms with Crippen LogP contribution >= 0.6 is 0 Å². The van der Waals surface area contributed by atoms with Gasteiger partial charge in [0.1, 0.15) is 0 Å². The van der Waals surface area contributed by atoms with Crippen LogP contribution in [-0.2, 0) is 15.9 Å². The van der Waals surface area contributed by atoms with Gasteiger partial charge in [-0.2, -0.15) is 0 Å². The highest BCUT2D eigenvalue weighted by atomic mass is 16.5. The first-order valence-electron chi connectivity index (χ1n) is 7.01. The van der Waals surface area contributed by atoms with Crippen LogP contribution in [-0.4, -0.2) is 55.6 Å². The number of morpholine rings is 1. The molecule has 1 aromatic rings. The van der Waals surface area contributed by atoms with Gasteiger partial charge in [0.05, 0.1) is 32.0 Å². The minimum absolute atomic E-state index is 0.0485. The Labute approximate surface area is 113 Å². The first kappa shape index (κ1) is 13.1. The van der Waals surface area contributed by atoms with Crippen molar-refractivity contribution in [2.24, 2.45) is 0 Å². The van der Waals surface area contributed by atoms with E-state index < -0.39 is 0 Å². The van der Waals surface area contributed by atoms with Crippen LogP contribution in [0.15, 0.2) is 24.3 Å². The Morgan fingerprint density at radius 2 is 2.11 bits per heavy atom. The number of hydrogen-bond donors (Lipinski definition) is 1. The van der Waals surface area contributed by atoms with Crippen molar-refractivity contribution < 1.29 is 14.6 Å². The van der Waals surface area contributed by atoms with E-state index in [1.165, 1.54) is 11.1 Å². The number of fused-ring (bicyclic) bond motifs is 1. The first-order chi connectivity index (χ1) is 9.36. The van der Waals surface area contributed by atoms with E-state index in [4.69, 9.17) is 9.47 Å². The van der Waals surface area contributed by atoms with Crippen LogP contribution in [0, 0.1) is 0 Å². The number of ether oxygens (including phenoxy) is 2. The molecule has 19 heavy (non-hydrogen) atoms. The van der Waals surface area contributed by atoms with Gasteiger partial charge in [-0.15, -0.1) is 0 Å². The molecule has 4 nitrogen and oxygen atoms in total. The lowest BCUT2D eigenvalue weighted by Gasteiger charge is -2.36. The molecule has 1 aromatic carbocycles. The van der Waals surface area contributed by atoms with Gasteiger partial charge in [-0.05, 0) is 17.5 Å². The Morgan fingerprint density at radius 1 is 1.21 bits per heavy atom. The van der Waals surface area contributed by atoms with Crippen molar-refractivity contribution in [2.45, 2.75) is 18.6 Å². The highest BCUT2D eigenvalue weighted by Crippen LogP contribution is 2.28. The van der Waals surface area contributed by atoms with E-state index in [1.807, 2.05) is 0 Å². The fourth-order valence-electron chi connectivity index (χ4n) is 2.92. The summed E-state index contributed by atoms with van der Waals surface area (Å²) in [5.41, 5.74) is 2.73. The number of benzene rings is 1. The van der Waals surface area contributed by atoms with E-state index in [-0.39, 0.29) is 18.8 Å². The van der Waals surface area contributed by atoms with Gasteiger partial charge >= 0.3 is 0 Å². The minimum Gasteiger partial charge on any atom is -0.394 e. The average Bonchev–Trinajstić information content (AvgIpc) is 2.48. The SMILES string of the molecule is OCC1CN(CC2OCCc3ccccc32)CCO1. The Morgan fingerprint density at radius 3 is 3.00 bits per heavy atom. The lowest BCUT2D eigenvalue weighted by atomic mass is 9.97. The normalized spacial score (nSPS) is 28.1. The fourth-order valence-corrected chi connectivity index (χ4v) is 2.92. The zero-order valence-corrected chi connectivity index (χ0v) is 11.1. The van der Waals surface area contributed by atoms with Crippen LogP contribution in [0.5, 0.6) is 0 Å². The van der Waals surface area contributed by atoms with Crippen molar-refractivity contribution in [2.75, 3.05) is 39.5 Å². The summed E-state index contributed by atoms with van der Waals surface area (Å²) in [7, 11) is 0.